The zero-order valence-electron chi connectivity index (χ0n) is 7.48. The summed E-state index contributed by atoms with van der Waals surface area (Å²) in [5.74, 6) is 0.505. The van der Waals surface area contributed by atoms with Crippen molar-refractivity contribution in [2.75, 3.05) is 0 Å². The van der Waals surface area contributed by atoms with E-state index in [1.165, 1.54) is 4.80 Å². The summed E-state index contributed by atoms with van der Waals surface area (Å²) in [6.07, 6.45) is 0.478. The van der Waals surface area contributed by atoms with E-state index in [2.05, 4.69) is 15.4 Å². The molecule has 12 heavy (non-hydrogen) atoms. The molecule has 5 heteroatoms. The lowest BCUT2D eigenvalue weighted by molar-refractivity contribution is 0.0957. The van der Waals surface area contributed by atoms with E-state index in [9.17, 15) is 4.79 Å². The molecule has 1 aromatic rings. The van der Waals surface area contributed by atoms with Crippen molar-refractivity contribution in [1.29, 1.82) is 0 Å². The number of aromatic nitrogens is 4. The van der Waals surface area contributed by atoms with Crippen molar-refractivity contribution >= 4 is 5.78 Å². The van der Waals surface area contributed by atoms with Gasteiger partial charge in [0.25, 0.3) is 0 Å². The molecule has 66 valence electrons. The molecule has 0 N–H and O–H groups in total. The van der Waals surface area contributed by atoms with Crippen LogP contribution in [-0.2, 0) is 7.05 Å². The molecule has 0 spiro atoms. The van der Waals surface area contributed by atoms with Crippen LogP contribution in [0.3, 0.4) is 0 Å². The summed E-state index contributed by atoms with van der Waals surface area (Å²) in [4.78, 5) is 12.6. The van der Waals surface area contributed by atoms with Gasteiger partial charge >= 0.3 is 0 Å². The van der Waals surface area contributed by atoms with Gasteiger partial charge in [-0.25, -0.2) is 0 Å². The minimum atomic E-state index is -0.0434. The summed E-state index contributed by atoms with van der Waals surface area (Å²) >= 11 is 0. The smallest absolute Gasteiger partial charge is 0.240 e. The van der Waals surface area contributed by atoms with Crippen LogP contribution in [0.2, 0.25) is 0 Å². The quantitative estimate of drug-likeness (QED) is 0.614. The molecular formula is C7H12N4O. The Bertz CT molecular complexity index is 279. The van der Waals surface area contributed by atoms with E-state index in [1.807, 2.05) is 13.8 Å². The average molecular weight is 168 g/mol. The topological polar surface area (TPSA) is 60.7 Å². The zero-order valence-corrected chi connectivity index (χ0v) is 7.48. The van der Waals surface area contributed by atoms with Gasteiger partial charge in [-0.2, -0.15) is 4.80 Å². The van der Waals surface area contributed by atoms with E-state index in [0.717, 1.165) is 0 Å². The Kier molecular flexibility index (Phi) is 2.52. The molecule has 1 heterocycles. The molecule has 0 saturated carbocycles. The highest BCUT2D eigenvalue weighted by Gasteiger charge is 2.12. The molecule has 0 unspecified atom stereocenters. The van der Waals surface area contributed by atoms with Gasteiger partial charge in [-0.1, -0.05) is 13.8 Å². The van der Waals surface area contributed by atoms with Crippen molar-refractivity contribution in [1.82, 2.24) is 20.2 Å². The molecule has 0 saturated heterocycles. The average Bonchev–Trinajstić information content (AvgIpc) is 2.34. The van der Waals surface area contributed by atoms with Gasteiger partial charge in [-0.15, -0.1) is 10.2 Å². The molecule has 0 fully saturated rings. The molecule has 0 atom stereocenters. The maximum atomic E-state index is 11.3. The summed E-state index contributed by atoms with van der Waals surface area (Å²) in [6.45, 7) is 3.96. The summed E-state index contributed by atoms with van der Waals surface area (Å²) in [5, 5.41) is 11.0. The number of nitrogens with zero attached hydrogens (tertiary/aromatic N) is 4. The number of aryl methyl sites for hydroxylation is 1. The Balaban J connectivity index is 2.65. The number of tetrazole rings is 1. The van der Waals surface area contributed by atoms with Gasteiger partial charge in [0.05, 0.1) is 7.05 Å². The second-order valence-corrected chi connectivity index (χ2v) is 3.12. The van der Waals surface area contributed by atoms with Gasteiger partial charge in [0.2, 0.25) is 11.6 Å². The summed E-state index contributed by atoms with van der Waals surface area (Å²) in [5.41, 5.74) is 0. The SMILES string of the molecule is CC(C)CC(=O)c1nnn(C)n1. The minimum absolute atomic E-state index is 0.0434. The molecular weight excluding hydrogens is 156 g/mol. The highest BCUT2D eigenvalue weighted by molar-refractivity contribution is 5.92. The first-order valence-corrected chi connectivity index (χ1v) is 3.87. The number of hydrogen-bond donors (Lipinski definition) is 0. The minimum Gasteiger partial charge on any atom is -0.290 e. The van der Waals surface area contributed by atoms with Crippen LogP contribution >= 0.6 is 0 Å². The van der Waals surface area contributed by atoms with Gasteiger partial charge in [0, 0.05) is 6.42 Å². The predicted molar refractivity (Wildman–Crippen MR) is 42.6 cm³/mol. The number of carbonyl (C=O) groups is 1. The summed E-state index contributed by atoms with van der Waals surface area (Å²) < 4.78 is 0. The van der Waals surface area contributed by atoms with Gasteiger partial charge in [-0.05, 0) is 11.1 Å². The first-order chi connectivity index (χ1) is 5.59. The molecule has 0 amide bonds. The van der Waals surface area contributed by atoms with Crippen molar-refractivity contribution in [2.24, 2.45) is 13.0 Å². The highest BCUT2D eigenvalue weighted by Crippen LogP contribution is 2.03. The van der Waals surface area contributed by atoms with Crippen LogP contribution in [0, 0.1) is 5.92 Å². The molecule has 0 aliphatic heterocycles. The second kappa shape index (κ2) is 3.42. The van der Waals surface area contributed by atoms with Crippen LogP contribution in [0.25, 0.3) is 0 Å². The molecule has 0 radical (unpaired) electrons. The molecule has 0 bridgehead atoms. The lowest BCUT2D eigenvalue weighted by atomic mass is 10.1. The Labute approximate surface area is 70.8 Å². The normalized spacial score (nSPS) is 10.7. The maximum absolute atomic E-state index is 11.3. The van der Waals surface area contributed by atoms with E-state index in [0.29, 0.717) is 12.3 Å². The van der Waals surface area contributed by atoms with Crippen LogP contribution in [0.4, 0.5) is 0 Å². The number of rotatable bonds is 3. The summed E-state index contributed by atoms with van der Waals surface area (Å²) in [6, 6.07) is 0. The van der Waals surface area contributed by atoms with Crippen LogP contribution in [0.5, 0.6) is 0 Å². The van der Waals surface area contributed by atoms with Crippen molar-refractivity contribution in [3.8, 4) is 0 Å². The van der Waals surface area contributed by atoms with Gasteiger partial charge in [-0.3, -0.25) is 4.79 Å². The lowest BCUT2D eigenvalue weighted by Crippen LogP contribution is -2.06. The van der Waals surface area contributed by atoms with Crippen LogP contribution in [0.15, 0.2) is 0 Å². The fraction of sp³-hybridized carbons (Fsp3) is 0.714. The Morgan fingerprint density at radius 3 is 2.67 bits per heavy atom. The van der Waals surface area contributed by atoms with Crippen molar-refractivity contribution in [2.45, 2.75) is 20.3 Å². The van der Waals surface area contributed by atoms with Crippen LogP contribution in [-0.4, -0.2) is 26.0 Å². The van der Waals surface area contributed by atoms with Crippen molar-refractivity contribution < 1.29 is 4.79 Å². The monoisotopic (exact) mass is 168 g/mol. The molecule has 1 aromatic heterocycles. The second-order valence-electron chi connectivity index (χ2n) is 3.12. The Morgan fingerprint density at radius 1 is 1.58 bits per heavy atom. The lowest BCUT2D eigenvalue weighted by Gasteiger charge is -1.98. The van der Waals surface area contributed by atoms with Crippen molar-refractivity contribution in [3.05, 3.63) is 5.82 Å². The Morgan fingerprint density at radius 2 is 2.25 bits per heavy atom. The largest absolute Gasteiger partial charge is 0.290 e. The number of hydrogen-bond acceptors (Lipinski definition) is 4. The fourth-order valence-electron chi connectivity index (χ4n) is 0.858. The third-order valence-corrected chi connectivity index (χ3v) is 1.35. The standard InChI is InChI=1S/C7H12N4O/c1-5(2)4-6(12)7-8-10-11(3)9-7/h5H,4H2,1-3H3. The first-order valence-electron chi connectivity index (χ1n) is 3.87. The van der Waals surface area contributed by atoms with Crippen LogP contribution < -0.4 is 0 Å². The zero-order chi connectivity index (χ0) is 9.14. The van der Waals surface area contributed by atoms with E-state index in [-0.39, 0.29) is 11.6 Å². The predicted octanol–water partition coefficient (Wildman–Crippen LogP) is 0.439. The Hall–Kier alpha value is -1.26. The third-order valence-electron chi connectivity index (χ3n) is 1.35. The van der Waals surface area contributed by atoms with Gasteiger partial charge in [0.1, 0.15) is 0 Å². The molecule has 5 nitrogen and oxygen atoms in total. The highest BCUT2D eigenvalue weighted by atomic mass is 16.1. The fourth-order valence-corrected chi connectivity index (χ4v) is 0.858. The number of ketones is 1. The van der Waals surface area contributed by atoms with E-state index in [1.54, 1.807) is 7.05 Å². The molecule has 1 rings (SSSR count). The van der Waals surface area contributed by atoms with Gasteiger partial charge in [0.15, 0.2) is 0 Å². The van der Waals surface area contributed by atoms with Crippen LogP contribution in [0.1, 0.15) is 30.9 Å². The first kappa shape index (κ1) is 8.83. The third kappa shape index (κ3) is 2.11. The van der Waals surface area contributed by atoms with E-state index < -0.39 is 0 Å². The number of Topliss-reactive ketones (excluding diaryl/α,β-unsaturated/α-hetero) is 1. The maximum Gasteiger partial charge on any atom is 0.240 e. The summed E-state index contributed by atoms with van der Waals surface area (Å²) in [7, 11) is 1.64. The van der Waals surface area contributed by atoms with Crippen molar-refractivity contribution in [3.63, 3.8) is 0 Å². The number of carbonyl (C=O) groups excluding carboxylic acids is 1. The van der Waals surface area contributed by atoms with Gasteiger partial charge < -0.3 is 0 Å². The molecule has 0 aliphatic carbocycles. The molecule has 0 aromatic carbocycles. The van der Waals surface area contributed by atoms with E-state index >= 15 is 0 Å². The van der Waals surface area contributed by atoms with E-state index in [4.69, 9.17) is 0 Å². The molecule has 0 aliphatic rings.